The molecule has 0 saturated heterocycles. The molecule has 0 aliphatic rings. The molecule has 1 N–H and O–H groups in total. The van der Waals surface area contributed by atoms with Gasteiger partial charge in [-0.05, 0) is 30.2 Å². The van der Waals surface area contributed by atoms with Gasteiger partial charge in [0.05, 0.1) is 16.9 Å². The summed E-state index contributed by atoms with van der Waals surface area (Å²) in [6.07, 6.45) is 0. The minimum absolute atomic E-state index is 0.00458. The molecule has 3 rings (SSSR count). The maximum absolute atomic E-state index is 12.8. The summed E-state index contributed by atoms with van der Waals surface area (Å²) >= 11 is 0. The second-order valence-electron chi connectivity index (χ2n) is 5.49. The Balaban J connectivity index is 2.38. The van der Waals surface area contributed by atoms with Gasteiger partial charge in [-0.2, -0.15) is 0 Å². The zero-order chi connectivity index (χ0) is 15.7. The summed E-state index contributed by atoms with van der Waals surface area (Å²) in [7, 11) is 0. The minimum Gasteiger partial charge on any atom is -0.493 e. The monoisotopic (exact) mass is 294 g/mol. The van der Waals surface area contributed by atoms with Crippen molar-refractivity contribution in [2.45, 2.75) is 19.8 Å². The Morgan fingerprint density at radius 3 is 1.73 bits per heavy atom. The molecule has 0 atom stereocenters. The Kier molecular flexibility index (Phi) is 3.59. The normalized spacial score (nSPS) is 11.0. The van der Waals surface area contributed by atoms with Gasteiger partial charge in [0.15, 0.2) is 0 Å². The van der Waals surface area contributed by atoms with Crippen molar-refractivity contribution in [3.05, 3.63) is 76.6 Å². The van der Waals surface area contributed by atoms with Gasteiger partial charge in [0.1, 0.15) is 0 Å². The fourth-order valence-electron chi connectivity index (χ4n) is 2.62. The van der Waals surface area contributed by atoms with E-state index in [2.05, 4.69) is 0 Å². The highest BCUT2D eigenvalue weighted by molar-refractivity contribution is 5.44. The van der Waals surface area contributed by atoms with Gasteiger partial charge >= 0.3 is 0 Å². The molecule has 1 heterocycles. The number of aromatic hydroxyl groups is 1. The summed E-state index contributed by atoms with van der Waals surface area (Å²) < 4.78 is 3.08. The van der Waals surface area contributed by atoms with E-state index in [0.717, 1.165) is 11.4 Å². The number of aromatic nitrogens is 2. The first kappa shape index (κ1) is 14.2. The highest BCUT2D eigenvalue weighted by atomic mass is 16.3. The first-order valence-corrected chi connectivity index (χ1v) is 7.29. The largest absolute Gasteiger partial charge is 0.493 e. The summed E-state index contributed by atoms with van der Waals surface area (Å²) in [5.41, 5.74) is 1.70. The molecule has 1 aromatic heterocycles. The predicted octanol–water partition coefficient (Wildman–Crippen LogP) is 3.46. The number of rotatable bonds is 3. The minimum atomic E-state index is -0.192. The Morgan fingerprint density at radius 2 is 1.27 bits per heavy atom. The molecule has 22 heavy (non-hydrogen) atoms. The van der Waals surface area contributed by atoms with E-state index in [-0.39, 0.29) is 17.4 Å². The zero-order valence-electron chi connectivity index (χ0n) is 12.6. The van der Waals surface area contributed by atoms with Gasteiger partial charge in [0, 0.05) is 0 Å². The van der Waals surface area contributed by atoms with Crippen LogP contribution in [-0.2, 0) is 0 Å². The highest BCUT2D eigenvalue weighted by Gasteiger charge is 2.23. The molecular formula is C18H18N2O2. The molecule has 0 saturated carbocycles. The van der Waals surface area contributed by atoms with Gasteiger partial charge < -0.3 is 5.11 Å². The van der Waals surface area contributed by atoms with E-state index in [9.17, 15) is 9.90 Å². The maximum Gasteiger partial charge on any atom is 0.279 e. The molecule has 0 radical (unpaired) electrons. The summed E-state index contributed by atoms with van der Waals surface area (Å²) in [5.74, 6) is -0.0672. The average Bonchev–Trinajstić information content (AvgIpc) is 2.80. The van der Waals surface area contributed by atoms with Crippen LogP contribution in [-0.4, -0.2) is 14.5 Å². The lowest BCUT2D eigenvalue weighted by Crippen LogP contribution is -2.22. The SMILES string of the molecule is CC(C)c1c(O)n(-c2ccccc2)n(-c2ccccc2)c1=O. The molecule has 4 nitrogen and oxygen atoms in total. The lowest BCUT2D eigenvalue weighted by atomic mass is 10.1. The number of nitrogens with zero attached hydrogens (tertiary/aromatic N) is 2. The van der Waals surface area contributed by atoms with Crippen LogP contribution < -0.4 is 5.56 Å². The lowest BCUT2D eigenvalue weighted by Gasteiger charge is -2.12. The molecule has 4 heteroatoms. The number of hydrogen-bond acceptors (Lipinski definition) is 2. The van der Waals surface area contributed by atoms with Crippen molar-refractivity contribution in [2.75, 3.05) is 0 Å². The molecular weight excluding hydrogens is 276 g/mol. The fraction of sp³-hybridized carbons (Fsp3) is 0.167. The zero-order valence-corrected chi connectivity index (χ0v) is 12.6. The molecule has 0 aliphatic carbocycles. The first-order valence-electron chi connectivity index (χ1n) is 7.29. The fourth-order valence-corrected chi connectivity index (χ4v) is 2.62. The molecule has 2 aromatic carbocycles. The Labute approximate surface area is 128 Å². The van der Waals surface area contributed by atoms with Crippen molar-refractivity contribution in [3.8, 4) is 17.3 Å². The van der Waals surface area contributed by atoms with Gasteiger partial charge in [-0.1, -0.05) is 50.2 Å². The quantitative estimate of drug-likeness (QED) is 0.804. The van der Waals surface area contributed by atoms with Crippen LogP contribution in [0.4, 0.5) is 0 Å². The average molecular weight is 294 g/mol. The molecule has 0 spiro atoms. The Bertz CT molecular complexity index is 831. The van der Waals surface area contributed by atoms with Crippen LogP contribution in [0.2, 0.25) is 0 Å². The molecule has 0 amide bonds. The van der Waals surface area contributed by atoms with E-state index in [1.165, 1.54) is 4.68 Å². The van der Waals surface area contributed by atoms with E-state index in [4.69, 9.17) is 0 Å². The summed E-state index contributed by atoms with van der Waals surface area (Å²) in [6.45, 7) is 3.81. The van der Waals surface area contributed by atoms with Crippen molar-refractivity contribution in [3.63, 3.8) is 0 Å². The van der Waals surface area contributed by atoms with Crippen LogP contribution in [0.5, 0.6) is 5.88 Å². The third kappa shape index (κ3) is 2.22. The standard InChI is InChI=1S/C18H18N2O2/c1-13(2)16-17(21)19(14-9-5-3-6-10-14)20(18(16)22)15-11-7-4-8-12-15/h3-13,21H,1-2H3. The van der Waals surface area contributed by atoms with Crippen LogP contribution in [0, 0.1) is 0 Å². The third-order valence-corrected chi connectivity index (χ3v) is 3.64. The number of para-hydroxylation sites is 2. The van der Waals surface area contributed by atoms with Gasteiger partial charge in [0.2, 0.25) is 5.88 Å². The third-order valence-electron chi connectivity index (χ3n) is 3.64. The first-order chi connectivity index (χ1) is 10.6. The molecule has 0 bridgehead atoms. The maximum atomic E-state index is 12.8. The van der Waals surface area contributed by atoms with E-state index in [0.29, 0.717) is 5.56 Å². The predicted molar refractivity (Wildman–Crippen MR) is 87.1 cm³/mol. The Hall–Kier alpha value is -2.75. The van der Waals surface area contributed by atoms with Crippen molar-refractivity contribution in [2.24, 2.45) is 0 Å². The summed E-state index contributed by atoms with van der Waals surface area (Å²) in [4.78, 5) is 12.8. The second kappa shape index (κ2) is 5.56. The number of benzene rings is 2. The smallest absolute Gasteiger partial charge is 0.279 e. The summed E-state index contributed by atoms with van der Waals surface area (Å²) in [5, 5.41) is 10.6. The van der Waals surface area contributed by atoms with Gasteiger partial charge in [-0.15, -0.1) is 0 Å². The van der Waals surface area contributed by atoms with E-state index < -0.39 is 0 Å². The van der Waals surface area contributed by atoms with Crippen molar-refractivity contribution >= 4 is 0 Å². The van der Waals surface area contributed by atoms with E-state index in [1.54, 1.807) is 4.68 Å². The van der Waals surface area contributed by atoms with Crippen molar-refractivity contribution in [1.29, 1.82) is 0 Å². The van der Waals surface area contributed by atoms with Crippen molar-refractivity contribution < 1.29 is 5.11 Å². The lowest BCUT2D eigenvalue weighted by molar-refractivity contribution is 0.418. The van der Waals surface area contributed by atoms with Crippen LogP contribution in [0.15, 0.2) is 65.5 Å². The van der Waals surface area contributed by atoms with Crippen LogP contribution in [0.3, 0.4) is 0 Å². The second-order valence-corrected chi connectivity index (χ2v) is 5.49. The number of hydrogen-bond donors (Lipinski definition) is 1. The van der Waals surface area contributed by atoms with E-state index in [1.807, 2.05) is 74.5 Å². The molecule has 112 valence electrons. The van der Waals surface area contributed by atoms with Gasteiger partial charge in [-0.25, -0.2) is 9.36 Å². The van der Waals surface area contributed by atoms with Gasteiger partial charge in [-0.3, -0.25) is 4.79 Å². The van der Waals surface area contributed by atoms with Gasteiger partial charge in [0.25, 0.3) is 5.56 Å². The Morgan fingerprint density at radius 1 is 0.818 bits per heavy atom. The molecule has 0 unspecified atom stereocenters. The molecule has 0 fully saturated rings. The highest BCUT2D eigenvalue weighted by Crippen LogP contribution is 2.27. The van der Waals surface area contributed by atoms with Crippen LogP contribution in [0.25, 0.3) is 11.4 Å². The summed E-state index contributed by atoms with van der Waals surface area (Å²) in [6, 6.07) is 18.7. The van der Waals surface area contributed by atoms with Crippen LogP contribution in [0.1, 0.15) is 25.3 Å². The van der Waals surface area contributed by atoms with Crippen LogP contribution >= 0.6 is 0 Å². The molecule has 3 aromatic rings. The topological polar surface area (TPSA) is 47.2 Å². The molecule has 0 aliphatic heterocycles. The van der Waals surface area contributed by atoms with E-state index >= 15 is 0 Å². The van der Waals surface area contributed by atoms with Crippen molar-refractivity contribution in [1.82, 2.24) is 9.36 Å².